The Morgan fingerprint density at radius 2 is 1.73 bits per heavy atom. The zero-order chi connectivity index (χ0) is 21.9. The van der Waals surface area contributed by atoms with Gasteiger partial charge in [-0.2, -0.15) is 0 Å². The number of ether oxygens (including phenoxy) is 1. The van der Waals surface area contributed by atoms with Gasteiger partial charge in [-0.3, -0.25) is 14.4 Å². The molecule has 0 bridgehead atoms. The van der Waals surface area contributed by atoms with E-state index < -0.39 is 5.60 Å². The lowest BCUT2D eigenvalue weighted by atomic mass is 9.46. The smallest absolute Gasteiger partial charge is 0.303 e. The number of carbonyl (C=O) groups is 3. The highest BCUT2D eigenvalue weighted by Crippen LogP contribution is 2.69. The van der Waals surface area contributed by atoms with Crippen LogP contribution in [0.3, 0.4) is 0 Å². The highest BCUT2D eigenvalue weighted by Gasteiger charge is 2.67. The average Bonchev–Trinajstić information content (AvgIpc) is 2.97. The predicted molar refractivity (Wildman–Crippen MR) is 119 cm³/mol. The van der Waals surface area contributed by atoms with Gasteiger partial charge >= 0.3 is 5.97 Å². The van der Waals surface area contributed by atoms with Crippen LogP contribution >= 0.6 is 11.8 Å². The van der Waals surface area contributed by atoms with Crippen molar-refractivity contribution in [1.29, 1.82) is 0 Å². The van der Waals surface area contributed by atoms with Gasteiger partial charge in [0, 0.05) is 18.8 Å². The molecule has 6 unspecified atom stereocenters. The van der Waals surface area contributed by atoms with Crippen LogP contribution in [0.2, 0.25) is 0 Å². The summed E-state index contributed by atoms with van der Waals surface area (Å²) in [6.07, 6.45) is 7.28. The normalized spacial score (nSPS) is 43.0. The molecule has 0 N–H and O–H groups in total. The quantitative estimate of drug-likeness (QED) is 0.550. The maximum absolute atomic E-state index is 12.8. The molecule has 0 saturated heterocycles. The minimum atomic E-state index is -0.961. The molecule has 0 aromatic heterocycles. The van der Waals surface area contributed by atoms with Crippen LogP contribution in [0, 0.1) is 28.6 Å². The molecule has 5 heteroatoms. The number of Topliss-reactive ketones (excluding diaryl/α,β-unsaturated/α-hetero) is 2. The summed E-state index contributed by atoms with van der Waals surface area (Å²) in [7, 11) is 0. The van der Waals surface area contributed by atoms with Gasteiger partial charge in [-0.15, -0.1) is 11.8 Å². The van der Waals surface area contributed by atoms with Gasteiger partial charge in [0.05, 0.1) is 4.91 Å². The Morgan fingerprint density at radius 3 is 2.37 bits per heavy atom. The van der Waals surface area contributed by atoms with E-state index in [0.717, 1.165) is 49.2 Å². The fraction of sp³-hybridized carbons (Fsp3) is 0.800. The molecule has 0 aliphatic heterocycles. The Hall–Kier alpha value is -1.10. The van der Waals surface area contributed by atoms with Crippen molar-refractivity contribution in [2.75, 3.05) is 5.75 Å². The van der Waals surface area contributed by atoms with Crippen molar-refractivity contribution in [1.82, 2.24) is 0 Å². The molecular formula is C25H36O4S. The Kier molecular flexibility index (Phi) is 5.52. The molecular weight excluding hydrogens is 396 g/mol. The van der Waals surface area contributed by atoms with Crippen LogP contribution in [-0.4, -0.2) is 28.9 Å². The minimum Gasteiger partial charge on any atom is -0.451 e. The Bertz CT molecular complexity index is 816. The second kappa shape index (κ2) is 7.50. The van der Waals surface area contributed by atoms with Gasteiger partial charge < -0.3 is 4.74 Å². The molecule has 3 fully saturated rings. The molecule has 0 amide bonds. The standard InChI is InChI=1S/C25H36O4S/c1-6-30-22-20-8-7-17-18(23(20,4)12-11-21(22)28)9-13-24(5)19(17)10-14-25(24,15(2)26)29-16(3)27/h17-19H,6-14H2,1-5H3. The molecule has 6 atom stereocenters. The Morgan fingerprint density at radius 1 is 1.03 bits per heavy atom. The minimum absolute atomic E-state index is 0.00801. The SMILES string of the molecule is CCSC1=C2CCC3C(CCC4(C)C3CCC4(OC(C)=O)C(C)=O)C2(C)CCC1=O. The molecule has 4 aliphatic rings. The summed E-state index contributed by atoms with van der Waals surface area (Å²) in [4.78, 5) is 38.5. The Labute approximate surface area is 185 Å². The fourth-order valence-corrected chi connectivity index (χ4v) is 9.10. The second-order valence-electron chi connectivity index (χ2n) is 10.5. The number of rotatable bonds is 4. The summed E-state index contributed by atoms with van der Waals surface area (Å²) in [6.45, 7) is 9.78. The molecule has 4 nitrogen and oxygen atoms in total. The monoisotopic (exact) mass is 432 g/mol. The van der Waals surface area contributed by atoms with E-state index in [1.807, 2.05) is 0 Å². The van der Waals surface area contributed by atoms with Crippen molar-refractivity contribution in [2.24, 2.45) is 28.6 Å². The van der Waals surface area contributed by atoms with Crippen LogP contribution < -0.4 is 0 Å². The van der Waals surface area contributed by atoms with Crippen molar-refractivity contribution in [3.05, 3.63) is 10.5 Å². The number of carbonyl (C=O) groups excluding carboxylic acids is 3. The maximum atomic E-state index is 12.8. The van der Waals surface area contributed by atoms with Crippen LogP contribution in [0.4, 0.5) is 0 Å². The van der Waals surface area contributed by atoms with E-state index in [0.29, 0.717) is 36.4 Å². The van der Waals surface area contributed by atoms with Crippen molar-refractivity contribution < 1.29 is 19.1 Å². The van der Waals surface area contributed by atoms with Gasteiger partial charge in [-0.1, -0.05) is 20.8 Å². The van der Waals surface area contributed by atoms with Gasteiger partial charge in [0.25, 0.3) is 0 Å². The van der Waals surface area contributed by atoms with Crippen LogP contribution in [0.1, 0.15) is 86.0 Å². The first-order chi connectivity index (χ1) is 14.1. The molecule has 0 heterocycles. The number of hydrogen-bond acceptors (Lipinski definition) is 5. The lowest BCUT2D eigenvalue weighted by Crippen LogP contribution is -2.58. The van der Waals surface area contributed by atoms with E-state index in [9.17, 15) is 14.4 Å². The summed E-state index contributed by atoms with van der Waals surface area (Å²) in [6, 6.07) is 0. The lowest BCUT2D eigenvalue weighted by molar-refractivity contribution is -0.187. The first-order valence-corrected chi connectivity index (χ1v) is 12.7. The first-order valence-electron chi connectivity index (χ1n) is 11.7. The Balaban J connectivity index is 1.71. The van der Waals surface area contributed by atoms with E-state index in [1.54, 1.807) is 18.7 Å². The molecule has 0 aromatic carbocycles. The summed E-state index contributed by atoms with van der Waals surface area (Å²) in [5.41, 5.74) is 0.274. The molecule has 0 aromatic rings. The molecule has 30 heavy (non-hydrogen) atoms. The number of ketones is 2. The van der Waals surface area contributed by atoms with Gasteiger partial charge in [0.1, 0.15) is 0 Å². The van der Waals surface area contributed by atoms with E-state index in [1.165, 1.54) is 12.5 Å². The highest BCUT2D eigenvalue weighted by atomic mass is 32.2. The zero-order valence-corrected chi connectivity index (χ0v) is 20.0. The molecule has 166 valence electrons. The van der Waals surface area contributed by atoms with Crippen LogP contribution in [0.15, 0.2) is 10.5 Å². The number of allylic oxidation sites excluding steroid dienone is 1. The van der Waals surface area contributed by atoms with Crippen molar-refractivity contribution in [2.45, 2.75) is 91.6 Å². The van der Waals surface area contributed by atoms with Gasteiger partial charge in [-0.05, 0) is 86.4 Å². The van der Waals surface area contributed by atoms with E-state index in [2.05, 4.69) is 20.8 Å². The van der Waals surface area contributed by atoms with Gasteiger partial charge in [0.2, 0.25) is 0 Å². The van der Waals surface area contributed by atoms with Crippen LogP contribution in [-0.2, 0) is 19.1 Å². The number of fused-ring (bicyclic) bond motifs is 5. The highest BCUT2D eigenvalue weighted by molar-refractivity contribution is 8.04. The zero-order valence-electron chi connectivity index (χ0n) is 19.1. The molecule has 3 saturated carbocycles. The summed E-state index contributed by atoms with van der Waals surface area (Å²) in [5, 5.41) is 0. The largest absolute Gasteiger partial charge is 0.451 e. The van der Waals surface area contributed by atoms with E-state index in [-0.39, 0.29) is 22.6 Å². The van der Waals surface area contributed by atoms with Crippen LogP contribution in [0.25, 0.3) is 0 Å². The first kappa shape index (κ1) is 22.1. The second-order valence-corrected chi connectivity index (χ2v) is 11.7. The molecule has 0 spiro atoms. The van der Waals surface area contributed by atoms with Crippen molar-refractivity contribution in [3.63, 3.8) is 0 Å². The average molecular weight is 433 g/mol. The molecule has 4 rings (SSSR count). The number of esters is 1. The third-order valence-corrected chi connectivity index (χ3v) is 10.4. The summed E-state index contributed by atoms with van der Waals surface area (Å²) in [5.74, 6) is 2.45. The maximum Gasteiger partial charge on any atom is 0.303 e. The molecule has 0 radical (unpaired) electrons. The van der Waals surface area contributed by atoms with E-state index >= 15 is 0 Å². The molecule has 4 aliphatic carbocycles. The van der Waals surface area contributed by atoms with Gasteiger partial charge in [0.15, 0.2) is 17.2 Å². The topological polar surface area (TPSA) is 60.4 Å². The fourth-order valence-electron chi connectivity index (χ4n) is 8.04. The number of thioether (sulfide) groups is 1. The summed E-state index contributed by atoms with van der Waals surface area (Å²) >= 11 is 1.74. The van der Waals surface area contributed by atoms with Crippen LogP contribution in [0.5, 0.6) is 0 Å². The third-order valence-electron chi connectivity index (χ3n) is 9.37. The van der Waals surface area contributed by atoms with E-state index in [4.69, 9.17) is 4.74 Å². The lowest BCUT2D eigenvalue weighted by Gasteiger charge is -2.59. The van der Waals surface area contributed by atoms with Gasteiger partial charge in [-0.25, -0.2) is 0 Å². The predicted octanol–water partition coefficient (Wildman–Crippen LogP) is 5.49. The van der Waals surface area contributed by atoms with Crippen molar-refractivity contribution >= 4 is 29.3 Å². The van der Waals surface area contributed by atoms with Crippen molar-refractivity contribution in [3.8, 4) is 0 Å². The summed E-state index contributed by atoms with van der Waals surface area (Å²) < 4.78 is 5.86. The number of hydrogen-bond donors (Lipinski definition) is 0. The third kappa shape index (κ3) is 2.90.